The van der Waals surface area contributed by atoms with E-state index in [4.69, 9.17) is 9.47 Å². The van der Waals surface area contributed by atoms with E-state index in [0.29, 0.717) is 0 Å². The number of piperidine rings is 1. The van der Waals surface area contributed by atoms with E-state index in [0.717, 1.165) is 43.4 Å². The van der Waals surface area contributed by atoms with E-state index in [1.54, 1.807) is 33.9 Å². The van der Waals surface area contributed by atoms with E-state index in [1.165, 1.54) is 0 Å². The van der Waals surface area contributed by atoms with Gasteiger partial charge in [-0.05, 0) is 77.6 Å². The normalized spacial score (nSPS) is 34.1. The third kappa shape index (κ3) is 3.61. The van der Waals surface area contributed by atoms with E-state index >= 15 is 0 Å². The van der Waals surface area contributed by atoms with Gasteiger partial charge in [0, 0.05) is 30.2 Å². The number of nitrogens with one attached hydrogen (secondary N) is 1. The van der Waals surface area contributed by atoms with Gasteiger partial charge in [-0.3, -0.25) is 10.1 Å². The maximum atomic E-state index is 12.8. The van der Waals surface area contributed by atoms with Crippen LogP contribution >= 0.6 is 0 Å². The number of aliphatic hydroxyl groups is 1. The number of carbonyl (C=O) groups is 1. The number of phenols is 2. The van der Waals surface area contributed by atoms with E-state index in [1.807, 2.05) is 6.07 Å². The van der Waals surface area contributed by atoms with Crippen LogP contribution in [-0.4, -0.2) is 82.8 Å². The second-order valence-electron chi connectivity index (χ2n) is 11.4. The molecule has 2 fully saturated rings. The number of nitrogens with zero attached hydrogens (tertiary/aromatic N) is 1. The monoisotopic (exact) mass is 476 g/mol. The number of hydrogen-bond acceptors (Lipinski definition) is 8. The summed E-state index contributed by atoms with van der Waals surface area (Å²) in [7, 11) is 3.88. The number of hydrogen-bond donors (Lipinski definition) is 4. The number of ether oxygens (including phenoxy) is 2. The lowest BCUT2D eigenvalue weighted by Crippen LogP contribution is -2.77. The summed E-state index contributed by atoms with van der Waals surface area (Å²) in [6, 6.07) is 2.64. The van der Waals surface area contributed by atoms with Gasteiger partial charge in [-0.1, -0.05) is 13.0 Å². The minimum Gasteiger partial charge on any atom is -0.504 e. The van der Waals surface area contributed by atoms with Gasteiger partial charge >= 0.3 is 5.97 Å². The molecule has 2 aliphatic carbocycles. The summed E-state index contributed by atoms with van der Waals surface area (Å²) >= 11 is 0. The van der Waals surface area contributed by atoms with Crippen molar-refractivity contribution in [1.82, 2.24) is 10.2 Å². The number of methoxy groups -OCH3 is 1. The zero-order chi connectivity index (χ0) is 25.1. The predicted octanol–water partition coefficient (Wildman–Crippen LogP) is 2.07. The SMILES string of the molecule is CO[C@@]12CCC(N[C@@H](CO)C(=O)OC(C)(C)C)[C@H](C)[C@@]13CCN(C)C2Cc1ccc(O)c(O)c13. The zero-order valence-electron chi connectivity index (χ0n) is 21.2. The standard InChI is InChI=1S/C26H40N2O6/c1-15-17(27-18(14-29)23(32)34-24(2,3)4)9-10-26(33-6)20-13-16-7-8-19(30)22(31)21(16)25(15,26)11-12-28(20)5/h7-8,15,17-18,20,27,29-31H,9-14H2,1-6H3/t15-,17?,18-,20?,25+,26+/m0/s1. The fourth-order valence-electron chi connectivity index (χ4n) is 7.20. The van der Waals surface area contributed by atoms with Crippen LogP contribution in [0.2, 0.25) is 0 Å². The molecular formula is C26H40N2O6. The highest BCUT2D eigenvalue weighted by atomic mass is 16.6. The minimum atomic E-state index is -0.846. The molecule has 1 saturated carbocycles. The molecule has 1 aliphatic heterocycles. The first-order valence-electron chi connectivity index (χ1n) is 12.3. The average Bonchev–Trinajstić information content (AvgIpc) is 2.77. The van der Waals surface area contributed by atoms with E-state index in [-0.39, 0.29) is 36.1 Å². The fraction of sp³-hybridized carbons (Fsp3) is 0.731. The molecule has 0 amide bonds. The Labute approximate surface area is 202 Å². The number of carbonyl (C=O) groups excluding carboxylic acids is 1. The van der Waals surface area contributed by atoms with Crippen molar-refractivity contribution in [2.75, 3.05) is 27.3 Å². The van der Waals surface area contributed by atoms with Gasteiger partial charge in [-0.25, -0.2) is 0 Å². The molecule has 0 spiro atoms. The highest BCUT2D eigenvalue weighted by Gasteiger charge is 2.69. The molecule has 4 rings (SSSR count). The van der Waals surface area contributed by atoms with Crippen molar-refractivity contribution >= 4 is 5.97 Å². The lowest BCUT2D eigenvalue weighted by molar-refractivity contribution is -0.202. The van der Waals surface area contributed by atoms with Gasteiger partial charge in [0.05, 0.1) is 12.2 Å². The summed E-state index contributed by atoms with van der Waals surface area (Å²) in [6.45, 7) is 8.02. The van der Waals surface area contributed by atoms with Crippen molar-refractivity contribution in [2.45, 2.75) is 88.1 Å². The van der Waals surface area contributed by atoms with Crippen LogP contribution in [0.1, 0.15) is 58.1 Å². The number of fused-ring (bicyclic) bond motifs is 1. The molecule has 6 atom stereocenters. The van der Waals surface area contributed by atoms with Crippen molar-refractivity contribution in [1.29, 1.82) is 0 Å². The maximum absolute atomic E-state index is 12.8. The Morgan fingerprint density at radius 3 is 2.62 bits per heavy atom. The molecule has 8 nitrogen and oxygen atoms in total. The molecule has 3 aliphatic rings. The van der Waals surface area contributed by atoms with E-state index < -0.39 is 28.6 Å². The summed E-state index contributed by atoms with van der Waals surface area (Å²) in [4.78, 5) is 15.1. The molecule has 1 aromatic carbocycles. The Bertz CT molecular complexity index is 946. The second kappa shape index (κ2) is 8.66. The zero-order valence-corrected chi connectivity index (χ0v) is 21.2. The average molecular weight is 477 g/mol. The van der Waals surface area contributed by atoms with Crippen LogP contribution in [0.5, 0.6) is 11.5 Å². The number of likely N-dealkylation sites (N-methyl/N-ethyl adjacent to an activating group) is 1. The van der Waals surface area contributed by atoms with Crippen molar-refractivity contribution in [3.63, 3.8) is 0 Å². The molecule has 190 valence electrons. The first-order chi connectivity index (χ1) is 15.9. The highest BCUT2D eigenvalue weighted by Crippen LogP contribution is 2.64. The van der Waals surface area contributed by atoms with Crippen LogP contribution in [0.15, 0.2) is 12.1 Å². The lowest BCUT2D eigenvalue weighted by Gasteiger charge is -2.68. The van der Waals surface area contributed by atoms with Crippen molar-refractivity contribution in [2.24, 2.45) is 5.92 Å². The molecule has 1 heterocycles. The lowest BCUT2D eigenvalue weighted by atomic mass is 9.45. The van der Waals surface area contributed by atoms with Crippen LogP contribution in [0, 0.1) is 5.92 Å². The number of benzene rings is 1. The predicted molar refractivity (Wildman–Crippen MR) is 128 cm³/mol. The molecule has 0 aromatic heterocycles. The topological polar surface area (TPSA) is 111 Å². The molecule has 34 heavy (non-hydrogen) atoms. The van der Waals surface area contributed by atoms with Crippen molar-refractivity contribution in [3.8, 4) is 11.5 Å². The Morgan fingerprint density at radius 1 is 1.29 bits per heavy atom. The summed E-state index contributed by atoms with van der Waals surface area (Å²) in [5.41, 5.74) is 0.0323. The molecular weight excluding hydrogens is 436 g/mol. The fourth-order valence-corrected chi connectivity index (χ4v) is 7.20. The summed E-state index contributed by atoms with van der Waals surface area (Å²) in [5, 5.41) is 35.0. The highest BCUT2D eigenvalue weighted by molar-refractivity contribution is 5.76. The molecule has 4 N–H and O–H groups in total. The van der Waals surface area contributed by atoms with Crippen molar-refractivity contribution in [3.05, 3.63) is 23.3 Å². The summed E-state index contributed by atoms with van der Waals surface area (Å²) < 4.78 is 12.0. The van der Waals surface area contributed by atoms with Gasteiger partial charge in [0.2, 0.25) is 0 Å². The molecule has 2 bridgehead atoms. The third-order valence-electron chi connectivity index (χ3n) is 8.65. The number of rotatable bonds is 5. The second-order valence-corrected chi connectivity index (χ2v) is 11.4. The van der Waals surface area contributed by atoms with Gasteiger partial charge in [-0.15, -0.1) is 0 Å². The Kier molecular flexibility index (Phi) is 6.43. The first kappa shape index (κ1) is 25.2. The van der Waals surface area contributed by atoms with Gasteiger partial charge in [0.1, 0.15) is 11.6 Å². The van der Waals surface area contributed by atoms with Crippen LogP contribution in [0.25, 0.3) is 0 Å². The van der Waals surface area contributed by atoms with Gasteiger partial charge in [-0.2, -0.15) is 0 Å². The van der Waals surface area contributed by atoms with Crippen LogP contribution < -0.4 is 5.32 Å². The van der Waals surface area contributed by atoms with Crippen LogP contribution in [0.4, 0.5) is 0 Å². The van der Waals surface area contributed by atoms with E-state index in [9.17, 15) is 20.1 Å². The number of aromatic hydroxyl groups is 2. The molecule has 8 heteroatoms. The summed E-state index contributed by atoms with van der Waals surface area (Å²) in [6.07, 6.45) is 2.95. The smallest absolute Gasteiger partial charge is 0.326 e. The molecule has 0 radical (unpaired) electrons. The Hall–Kier alpha value is -1.87. The summed E-state index contributed by atoms with van der Waals surface area (Å²) in [5.74, 6) is -0.727. The quantitative estimate of drug-likeness (QED) is 0.378. The van der Waals surface area contributed by atoms with Crippen molar-refractivity contribution < 1.29 is 29.6 Å². The van der Waals surface area contributed by atoms with E-state index in [2.05, 4.69) is 24.2 Å². The number of esters is 1. The molecule has 1 aromatic rings. The minimum absolute atomic E-state index is 0.0550. The largest absolute Gasteiger partial charge is 0.504 e. The number of aliphatic hydroxyl groups excluding tert-OH is 1. The van der Waals surface area contributed by atoms with Gasteiger partial charge < -0.3 is 29.7 Å². The number of phenolic OH excluding ortho intramolecular Hbond substituents is 2. The molecule has 2 unspecified atom stereocenters. The molecule has 1 saturated heterocycles. The maximum Gasteiger partial charge on any atom is 0.326 e. The Balaban J connectivity index is 1.78. The van der Waals surface area contributed by atoms with Gasteiger partial charge in [0.25, 0.3) is 0 Å². The van der Waals surface area contributed by atoms with Crippen LogP contribution in [-0.2, 0) is 26.1 Å². The third-order valence-corrected chi connectivity index (χ3v) is 8.65. The van der Waals surface area contributed by atoms with Crippen LogP contribution in [0.3, 0.4) is 0 Å². The number of likely N-dealkylation sites (tertiary alicyclic amines) is 1. The Morgan fingerprint density at radius 2 is 2.00 bits per heavy atom. The van der Waals surface area contributed by atoms with Gasteiger partial charge in [0.15, 0.2) is 11.5 Å². The first-order valence-corrected chi connectivity index (χ1v) is 12.3.